The van der Waals surface area contributed by atoms with Crippen molar-refractivity contribution in [1.82, 2.24) is 4.90 Å². The second-order valence-corrected chi connectivity index (χ2v) is 4.56. The van der Waals surface area contributed by atoms with Gasteiger partial charge in [0.05, 0.1) is 17.4 Å². The quantitative estimate of drug-likeness (QED) is 0.791. The first kappa shape index (κ1) is 10.2. The summed E-state index contributed by atoms with van der Waals surface area (Å²) in [5.74, 6) is 0.399. The Hall–Kier alpha value is -1.29. The second kappa shape index (κ2) is 3.38. The molecule has 2 N–H and O–H groups in total. The average Bonchev–Trinajstić information content (AvgIpc) is 2.64. The number of carbonyl (C=O) groups is 1. The summed E-state index contributed by atoms with van der Waals surface area (Å²) < 4.78 is 4.88. The summed E-state index contributed by atoms with van der Waals surface area (Å²) in [4.78, 5) is 13.6. The molecule has 15 heavy (non-hydrogen) atoms. The molecule has 1 fully saturated rings. The van der Waals surface area contributed by atoms with E-state index in [0.29, 0.717) is 24.6 Å². The largest absolute Gasteiger partial charge is 0.472 e. The maximum absolute atomic E-state index is 11.8. The van der Waals surface area contributed by atoms with Crippen molar-refractivity contribution >= 4 is 5.91 Å². The third-order valence-electron chi connectivity index (χ3n) is 3.18. The number of carbonyl (C=O) groups excluding carboxylic acids is 1. The highest BCUT2D eigenvalue weighted by Crippen LogP contribution is 2.27. The van der Waals surface area contributed by atoms with E-state index in [2.05, 4.69) is 13.8 Å². The predicted octanol–water partition coefficient (Wildman–Crippen LogP) is 1.09. The summed E-state index contributed by atoms with van der Waals surface area (Å²) in [6.45, 7) is 5.43. The Labute approximate surface area is 89.0 Å². The van der Waals surface area contributed by atoms with Crippen molar-refractivity contribution in [3.05, 3.63) is 24.2 Å². The number of rotatable bonds is 2. The van der Waals surface area contributed by atoms with Gasteiger partial charge in [-0.15, -0.1) is 0 Å². The van der Waals surface area contributed by atoms with Gasteiger partial charge in [-0.05, 0) is 12.0 Å². The van der Waals surface area contributed by atoms with Gasteiger partial charge in [-0.1, -0.05) is 13.8 Å². The van der Waals surface area contributed by atoms with Crippen LogP contribution in [0.15, 0.2) is 23.0 Å². The molecule has 1 aromatic heterocycles. The molecule has 0 spiro atoms. The molecule has 0 aliphatic carbocycles. The van der Waals surface area contributed by atoms with Crippen LogP contribution in [-0.4, -0.2) is 29.4 Å². The summed E-state index contributed by atoms with van der Waals surface area (Å²) in [6, 6.07) is 1.67. The Morgan fingerprint density at radius 2 is 2.27 bits per heavy atom. The van der Waals surface area contributed by atoms with Crippen molar-refractivity contribution in [2.75, 3.05) is 13.1 Å². The fourth-order valence-corrected chi connectivity index (χ4v) is 1.74. The van der Waals surface area contributed by atoms with E-state index in [4.69, 9.17) is 10.2 Å². The molecule has 4 heteroatoms. The second-order valence-electron chi connectivity index (χ2n) is 4.56. The van der Waals surface area contributed by atoms with Crippen molar-refractivity contribution in [2.45, 2.75) is 19.4 Å². The SMILES string of the molecule is CC(C)C1(N)CN(C(=O)c2ccoc2)C1. The Kier molecular flexibility index (Phi) is 2.31. The minimum atomic E-state index is -0.209. The van der Waals surface area contributed by atoms with E-state index in [1.54, 1.807) is 11.0 Å². The van der Waals surface area contributed by atoms with Gasteiger partial charge >= 0.3 is 0 Å². The highest BCUT2D eigenvalue weighted by atomic mass is 16.3. The van der Waals surface area contributed by atoms with Crippen LogP contribution in [0.3, 0.4) is 0 Å². The standard InChI is InChI=1S/C11H16N2O2/c1-8(2)11(12)6-13(7-11)10(14)9-3-4-15-5-9/h3-5,8H,6-7,12H2,1-2H3. The fraction of sp³-hybridized carbons (Fsp3) is 0.545. The summed E-state index contributed by atoms with van der Waals surface area (Å²) in [5.41, 5.74) is 6.50. The van der Waals surface area contributed by atoms with Crippen molar-refractivity contribution in [2.24, 2.45) is 11.7 Å². The molecule has 2 rings (SSSR count). The maximum atomic E-state index is 11.8. The van der Waals surface area contributed by atoms with Crippen LogP contribution >= 0.6 is 0 Å². The van der Waals surface area contributed by atoms with Gasteiger partial charge in [-0.25, -0.2) is 0 Å². The first-order chi connectivity index (χ1) is 7.03. The molecular weight excluding hydrogens is 192 g/mol. The summed E-state index contributed by atoms with van der Waals surface area (Å²) in [5, 5.41) is 0. The smallest absolute Gasteiger partial charge is 0.257 e. The van der Waals surface area contributed by atoms with Gasteiger partial charge in [0.2, 0.25) is 0 Å². The van der Waals surface area contributed by atoms with E-state index in [0.717, 1.165) is 0 Å². The van der Waals surface area contributed by atoms with Gasteiger partial charge in [0, 0.05) is 13.1 Å². The summed E-state index contributed by atoms with van der Waals surface area (Å²) >= 11 is 0. The van der Waals surface area contributed by atoms with Crippen LogP contribution in [0.4, 0.5) is 0 Å². The number of hydrogen-bond acceptors (Lipinski definition) is 3. The minimum absolute atomic E-state index is 0.00507. The number of hydrogen-bond donors (Lipinski definition) is 1. The molecule has 1 aromatic rings. The van der Waals surface area contributed by atoms with Crippen molar-refractivity contribution in [3.63, 3.8) is 0 Å². The van der Waals surface area contributed by atoms with Crippen LogP contribution in [0.1, 0.15) is 24.2 Å². The van der Waals surface area contributed by atoms with E-state index < -0.39 is 0 Å². The molecule has 0 unspecified atom stereocenters. The normalized spacial score (nSPS) is 19.1. The zero-order valence-electron chi connectivity index (χ0n) is 9.06. The molecule has 0 atom stereocenters. The molecular formula is C11H16N2O2. The van der Waals surface area contributed by atoms with Crippen LogP contribution < -0.4 is 5.73 Å². The van der Waals surface area contributed by atoms with Crippen molar-refractivity contribution in [1.29, 1.82) is 0 Å². The minimum Gasteiger partial charge on any atom is -0.472 e. The molecule has 0 bridgehead atoms. The Bertz CT molecular complexity index is 351. The first-order valence-electron chi connectivity index (χ1n) is 5.13. The number of nitrogens with zero attached hydrogens (tertiary/aromatic N) is 1. The maximum Gasteiger partial charge on any atom is 0.257 e. The lowest BCUT2D eigenvalue weighted by Gasteiger charge is -2.50. The van der Waals surface area contributed by atoms with Gasteiger partial charge < -0.3 is 15.1 Å². The van der Waals surface area contributed by atoms with E-state index in [-0.39, 0.29) is 11.4 Å². The van der Waals surface area contributed by atoms with Gasteiger partial charge in [0.15, 0.2) is 0 Å². The van der Waals surface area contributed by atoms with Crippen LogP contribution in [0.25, 0.3) is 0 Å². The zero-order chi connectivity index (χ0) is 11.1. The lowest BCUT2D eigenvalue weighted by atomic mass is 9.80. The van der Waals surface area contributed by atoms with Crippen LogP contribution in [0.5, 0.6) is 0 Å². The van der Waals surface area contributed by atoms with Crippen molar-refractivity contribution < 1.29 is 9.21 Å². The Morgan fingerprint density at radius 3 is 2.73 bits per heavy atom. The molecule has 0 saturated carbocycles. The molecule has 1 saturated heterocycles. The number of nitrogens with two attached hydrogens (primary N) is 1. The van der Waals surface area contributed by atoms with Crippen LogP contribution in [0.2, 0.25) is 0 Å². The zero-order valence-corrected chi connectivity index (χ0v) is 9.06. The molecule has 2 heterocycles. The van der Waals surface area contributed by atoms with Crippen molar-refractivity contribution in [3.8, 4) is 0 Å². The van der Waals surface area contributed by atoms with Gasteiger partial charge in [-0.2, -0.15) is 0 Å². The van der Waals surface area contributed by atoms with E-state index >= 15 is 0 Å². The Balaban J connectivity index is 1.98. The molecule has 1 amide bonds. The average molecular weight is 208 g/mol. The number of furan rings is 1. The lowest BCUT2D eigenvalue weighted by molar-refractivity contribution is 0.0274. The predicted molar refractivity (Wildman–Crippen MR) is 56.4 cm³/mol. The first-order valence-corrected chi connectivity index (χ1v) is 5.13. The van der Waals surface area contributed by atoms with Gasteiger partial charge in [-0.3, -0.25) is 4.79 Å². The van der Waals surface area contributed by atoms with Crippen LogP contribution in [-0.2, 0) is 0 Å². The molecule has 0 aromatic carbocycles. The molecule has 82 valence electrons. The highest BCUT2D eigenvalue weighted by Gasteiger charge is 2.44. The lowest BCUT2D eigenvalue weighted by Crippen LogP contribution is -2.71. The molecule has 1 aliphatic rings. The molecule has 4 nitrogen and oxygen atoms in total. The van der Waals surface area contributed by atoms with Crippen LogP contribution in [0, 0.1) is 5.92 Å². The molecule has 1 aliphatic heterocycles. The molecule has 0 radical (unpaired) electrons. The summed E-state index contributed by atoms with van der Waals surface area (Å²) in [7, 11) is 0. The van der Waals surface area contributed by atoms with E-state index in [1.807, 2.05) is 0 Å². The van der Waals surface area contributed by atoms with E-state index in [1.165, 1.54) is 12.5 Å². The monoisotopic (exact) mass is 208 g/mol. The topological polar surface area (TPSA) is 59.5 Å². The number of amides is 1. The summed E-state index contributed by atoms with van der Waals surface area (Å²) in [6.07, 6.45) is 2.97. The Morgan fingerprint density at radius 1 is 1.60 bits per heavy atom. The third kappa shape index (κ3) is 1.65. The highest BCUT2D eigenvalue weighted by molar-refractivity contribution is 5.94. The number of likely N-dealkylation sites (tertiary alicyclic amines) is 1. The van der Waals surface area contributed by atoms with Gasteiger partial charge in [0.1, 0.15) is 6.26 Å². The van der Waals surface area contributed by atoms with Gasteiger partial charge in [0.25, 0.3) is 5.91 Å². The van der Waals surface area contributed by atoms with E-state index in [9.17, 15) is 4.79 Å². The fourth-order valence-electron chi connectivity index (χ4n) is 1.74. The third-order valence-corrected chi connectivity index (χ3v) is 3.18.